The van der Waals surface area contributed by atoms with Gasteiger partial charge in [-0.3, -0.25) is 4.99 Å². The minimum absolute atomic E-state index is 0.0985. The Kier molecular flexibility index (Phi) is 4.41. The number of H-pyrrole nitrogens is 1. The molecule has 0 fully saturated rings. The van der Waals surface area contributed by atoms with Crippen molar-refractivity contribution in [3.63, 3.8) is 0 Å². The summed E-state index contributed by atoms with van der Waals surface area (Å²) in [4.78, 5) is 7.23. The molecule has 5 rings (SSSR count). The van der Waals surface area contributed by atoms with Gasteiger partial charge in [0, 0.05) is 29.0 Å². The van der Waals surface area contributed by atoms with Crippen molar-refractivity contribution in [1.29, 1.82) is 0 Å². The number of aromatic nitrogens is 4. The van der Waals surface area contributed by atoms with Gasteiger partial charge in [0.15, 0.2) is 12.0 Å². The zero-order valence-corrected chi connectivity index (χ0v) is 16.0. The van der Waals surface area contributed by atoms with E-state index in [1.807, 2.05) is 18.2 Å². The van der Waals surface area contributed by atoms with E-state index in [9.17, 15) is 0 Å². The molecule has 1 aliphatic heterocycles. The topological polar surface area (TPSA) is 70.1 Å². The summed E-state index contributed by atoms with van der Waals surface area (Å²) in [6, 6.07) is 16.5. The maximum atomic E-state index is 6.26. The molecule has 3 aromatic rings. The second kappa shape index (κ2) is 7.20. The van der Waals surface area contributed by atoms with E-state index in [-0.39, 0.29) is 6.17 Å². The minimum atomic E-state index is -0.0985. The zero-order valence-electron chi connectivity index (χ0n) is 15.2. The van der Waals surface area contributed by atoms with Crippen LogP contribution in [0.3, 0.4) is 0 Å². The van der Waals surface area contributed by atoms with Crippen LogP contribution in [0.4, 0.5) is 5.69 Å². The van der Waals surface area contributed by atoms with Crippen molar-refractivity contribution in [3.8, 4) is 0 Å². The molecule has 2 aliphatic rings. The van der Waals surface area contributed by atoms with Crippen molar-refractivity contribution in [2.75, 3.05) is 4.90 Å². The highest BCUT2D eigenvalue weighted by atomic mass is 35.5. The predicted molar refractivity (Wildman–Crippen MR) is 109 cm³/mol. The van der Waals surface area contributed by atoms with Crippen LogP contribution in [0, 0.1) is 0 Å². The first kappa shape index (κ1) is 17.1. The van der Waals surface area contributed by atoms with Crippen molar-refractivity contribution in [2.45, 2.75) is 31.8 Å². The number of aliphatic imine (C=N–C) groups is 1. The van der Waals surface area contributed by atoms with Crippen molar-refractivity contribution in [1.82, 2.24) is 20.6 Å². The van der Waals surface area contributed by atoms with Gasteiger partial charge < -0.3 is 4.90 Å². The van der Waals surface area contributed by atoms with Crippen molar-refractivity contribution in [3.05, 3.63) is 81.8 Å². The van der Waals surface area contributed by atoms with Crippen LogP contribution >= 0.6 is 11.6 Å². The lowest BCUT2D eigenvalue weighted by atomic mass is 10.1. The molecule has 6 nitrogen and oxygen atoms in total. The number of halogens is 1. The summed E-state index contributed by atoms with van der Waals surface area (Å²) < 4.78 is 0. The number of nitrogens with one attached hydrogen (secondary N) is 1. The average molecular weight is 391 g/mol. The monoisotopic (exact) mass is 390 g/mol. The summed E-state index contributed by atoms with van der Waals surface area (Å²) in [5, 5.41) is 14.9. The van der Waals surface area contributed by atoms with Gasteiger partial charge in [0.05, 0.1) is 0 Å². The van der Waals surface area contributed by atoms with E-state index in [1.165, 1.54) is 17.7 Å². The van der Waals surface area contributed by atoms with Crippen LogP contribution in [0.1, 0.15) is 42.4 Å². The third kappa shape index (κ3) is 3.20. The molecule has 0 spiro atoms. The SMILES string of the molecule is Clc1cccc(C2N=CC3=C(CCC3)N2c2ccc(Cc3nn[nH]n3)cc2)c1. The Balaban J connectivity index is 1.49. The maximum absolute atomic E-state index is 6.26. The molecule has 28 heavy (non-hydrogen) atoms. The first-order chi connectivity index (χ1) is 13.8. The smallest absolute Gasteiger partial charge is 0.178 e. The number of anilines is 1. The van der Waals surface area contributed by atoms with Gasteiger partial charge in [-0.15, -0.1) is 10.2 Å². The van der Waals surface area contributed by atoms with Gasteiger partial charge in [-0.2, -0.15) is 5.21 Å². The highest BCUT2D eigenvalue weighted by Gasteiger charge is 2.30. The molecular weight excluding hydrogens is 372 g/mol. The van der Waals surface area contributed by atoms with Crippen LogP contribution in [0.2, 0.25) is 5.02 Å². The number of hydrogen-bond acceptors (Lipinski definition) is 5. The second-order valence-electron chi connectivity index (χ2n) is 7.07. The second-order valence-corrected chi connectivity index (χ2v) is 7.51. The van der Waals surface area contributed by atoms with Crippen molar-refractivity contribution in [2.24, 2.45) is 4.99 Å². The van der Waals surface area contributed by atoms with Crippen LogP contribution in [0.15, 0.2) is 64.8 Å². The van der Waals surface area contributed by atoms with Gasteiger partial charge in [0.25, 0.3) is 0 Å². The number of aromatic amines is 1. The highest BCUT2D eigenvalue weighted by Crippen LogP contribution is 2.41. The molecule has 7 heteroatoms. The Morgan fingerprint density at radius 3 is 2.79 bits per heavy atom. The molecular formula is C21H19ClN6. The average Bonchev–Trinajstić information content (AvgIpc) is 3.39. The summed E-state index contributed by atoms with van der Waals surface area (Å²) in [6.07, 6.45) is 5.94. The van der Waals surface area contributed by atoms with E-state index in [0.717, 1.165) is 34.7 Å². The quantitative estimate of drug-likeness (QED) is 0.713. The summed E-state index contributed by atoms with van der Waals surface area (Å²) in [5.41, 5.74) is 6.08. The van der Waals surface area contributed by atoms with Crippen LogP contribution < -0.4 is 4.90 Å². The maximum Gasteiger partial charge on any atom is 0.178 e. The Labute approximate surface area is 167 Å². The van der Waals surface area contributed by atoms with Crippen molar-refractivity contribution < 1.29 is 0 Å². The molecule has 2 heterocycles. The third-order valence-electron chi connectivity index (χ3n) is 5.25. The fraction of sp³-hybridized carbons (Fsp3) is 0.238. The lowest BCUT2D eigenvalue weighted by molar-refractivity contribution is 0.686. The standard InChI is InChI=1S/C21H19ClN6/c22-17-5-1-3-15(12-17)21-23-13-16-4-2-6-19(16)28(21)18-9-7-14(8-10-18)11-20-24-26-27-25-20/h1,3,5,7-10,12-13,21H,2,4,6,11H2,(H,24,25,26,27). The Bertz CT molecular complexity index is 1040. The minimum Gasteiger partial charge on any atom is -0.318 e. The number of rotatable bonds is 4. The first-order valence-electron chi connectivity index (χ1n) is 9.39. The van der Waals surface area contributed by atoms with Gasteiger partial charge in [0.1, 0.15) is 0 Å². The van der Waals surface area contributed by atoms with E-state index < -0.39 is 0 Å². The summed E-state index contributed by atoms with van der Waals surface area (Å²) in [5.74, 6) is 0.688. The largest absolute Gasteiger partial charge is 0.318 e. The van der Waals surface area contributed by atoms with Crippen LogP contribution in [-0.4, -0.2) is 26.8 Å². The molecule has 1 unspecified atom stereocenters. The van der Waals surface area contributed by atoms with E-state index in [2.05, 4.69) is 62.1 Å². The lowest BCUT2D eigenvalue weighted by Gasteiger charge is -2.35. The Morgan fingerprint density at radius 1 is 1.11 bits per heavy atom. The van der Waals surface area contributed by atoms with Crippen LogP contribution in [-0.2, 0) is 6.42 Å². The molecule has 0 saturated heterocycles. The zero-order chi connectivity index (χ0) is 18.9. The molecule has 1 aliphatic carbocycles. The van der Waals surface area contributed by atoms with E-state index >= 15 is 0 Å². The number of allylic oxidation sites excluding steroid dienone is 2. The molecule has 2 aromatic carbocycles. The Morgan fingerprint density at radius 2 is 2.00 bits per heavy atom. The van der Waals surface area contributed by atoms with Gasteiger partial charge in [-0.25, -0.2) is 0 Å². The highest BCUT2D eigenvalue weighted by molar-refractivity contribution is 6.30. The van der Waals surface area contributed by atoms with Crippen molar-refractivity contribution >= 4 is 23.5 Å². The molecule has 0 bridgehead atoms. The molecule has 0 amide bonds. The molecule has 1 N–H and O–H groups in total. The van der Waals surface area contributed by atoms with Gasteiger partial charge in [-0.1, -0.05) is 41.1 Å². The molecule has 1 atom stereocenters. The predicted octanol–water partition coefficient (Wildman–Crippen LogP) is 4.47. The van der Waals surface area contributed by atoms with Gasteiger partial charge >= 0.3 is 0 Å². The number of nitrogens with zero attached hydrogens (tertiary/aromatic N) is 5. The fourth-order valence-electron chi connectivity index (χ4n) is 3.95. The number of benzene rings is 2. The fourth-order valence-corrected chi connectivity index (χ4v) is 4.15. The van der Waals surface area contributed by atoms with Crippen LogP contribution in [0.5, 0.6) is 0 Å². The molecule has 0 radical (unpaired) electrons. The van der Waals surface area contributed by atoms with E-state index in [0.29, 0.717) is 12.2 Å². The number of hydrogen-bond donors (Lipinski definition) is 1. The van der Waals surface area contributed by atoms with Crippen LogP contribution in [0.25, 0.3) is 0 Å². The number of tetrazole rings is 1. The molecule has 1 aromatic heterocycles. The van der Waals surface area contributed by atoms with E-state index in [4.69, 9.17) is 16.6 Å². The van der Waals surface area contributed by atoms with Gasteiger partial charge in [-0.05, 0) is 60.2 Å². The summed E-state index contributed by atoms with van der Waals surface area (Å²) in [7, 11) is 0. The van der Waals surface area contributed by atoms with E-state index in [1.54, 1.807) is 0 Å². The lowest BCUT2D eigenvalue weighted by Crippen LogP contribution is -2.29. The third-order valence-corrected chi connectivity index (χ3v) is 5.49. The Hall–Kier alpha value is -2.99. The summed E-state index contributed by atoms with van der Waals surface area (Å²) >= 11 is 6.26. The normalized spacial score (nSPS) is 18.6. The summed E-state index contributed by atoms with van der Waals surface area (Å²) in [6.45, 7) is 0. The molecule has 0 saturated carbocycles. The van der Waals surface area contributed by atoms with Gasteiger partial charge in [0.2, 0.25) is 0 Å². The first-order valence-corrected chi connectivity index (χ1v) is 9.77. The molecule has 140 valence electrons.